The minimum absolute atomic E-state index is 0. The van der Waals surface area contributed by atoms with Crippen molar-refractivity contribution in [2.45, 2.75) is 224 Å². The summed E-state index contributed by atoms with van der Waals surface area (Å²) in [5.41, 5.74) is 29.8. The fourth-order valence-corrected chi connectivity index (χ4v) is 2.64. The number of carbonyl (C=O) groups excluding carboxylic acids is 10. The number of carbonyl (C=O) groups is 10. The molecule has 0 aliphatic carbocycles. The second kappa shape index (κ2) is 362. The quantitative estimate of drug-likeness (QED) is 0.124. The molecule has 2 aromatic rings. The molecule has 2 aromatic carbocycles. The van der Waals surface area contributed by atoms with Crippen LogP contribution in [0.3, 0.4) is 0 Å². The van der Waals surface area contributed by atoms with Crippen LogP contribution < -0.4 is 52.9 Å². The number of aliphatic hydroxyl groups is 1. The standard InChI is InChI=1S/2C8H10.C7H13NO.3C5H12.C4H8.C3H8O.4C2H6.C2H4.6CH5N.9CH2O.3H3N/c2*1-2-8-6-4-3-5-7-8;1-7(9)8-5-3-2-4-6-8;3*1-4-5(2)3;1-3-4-2;1-3(2)4;20*1-2;;;/h2*3-7H,2H2,1H3;2-6H2,1H3;3*5H,4H2,1-3H3;2*3-4H,1-2H3;4*1-2H3;1-2H2;6*2H2,1H3;9*1H2;3*1H3/b;;;;;;4-3-;;;;;;;;;;;;;;;;;;;;;;;;. The molecule has 566 valence electrons. The zero-order valence-corrected chi connectivity index (χ0v) is 66.1. The van der Waals surface area contributed by atoms with Gasteiger partial charge in [-0.25, -0.2) is 0 Å². The first kappa shape index (κ1) is 185. The van der Waals surface area contributed by atoms with Gasteiger partial charge in [0.25, 0.3) is 0 Å². The highest BCUT2D eigenvalue weighted by Crippen LogP contribution is 2.07. The highest BCUT2D eigenvalue weighted by molar-refractivity contribution is 5.73. The molecule has 0 saturated carbocycles. The molecule has 21 heteroatoms. The number of rotatable bonds is 5. The third-order valence-electron chi connectivity index (χ3n) is 7.09. The van der Waals surface area contributed by atoms with Gasteiger partial charge in [0.2, 0.25) is 5.91 Å². The van der Waals surface area contributed by atoms with Crippen molar-refractivity contribution in [2.24, 2.45) is 52.2 Å². The average Bonchev–Trinajstić information content (AvgIpc) is 3.66. The second-order valence-electron chi connectivity index (χ2n) is 13.4. The SMILES string of the molecule is C/C=C\C.C=C.C=O.C=O.C=O.C=O.C=O.C=O.C=O.C=O.C=O.CC.CC.CC.CC.CC(=O)N1CCCCC1.CC(C)O.CCC(C)C.CCC(C)C.CCC(C)C.CCc1ccccc1.CCc1ccccc1.CN.CN.CN.CN.CN.CN.N.N.N. The summed E-state index contributed by atoms with van der Waals surface area (Å²) in [4.78, 5) is 84.6. The predicted octanol–water partition coefficient (Wildman–Crippen LogP) is 14.8. The summed E-state index contributed by atoms with van der Waals surface area (Å²) in [5.74, 6) is 2.88. The number of hydrogen-bond donors (Lipinski definition) is 10. The van der Waals surface area contributed by atoms with E-state index in [4.69, 9.17) is 48.3 Å². The van der Waals surface area contributed by atoms with Crippen molar-refractivity contribution in [3.05, 3.63) is 97.1 Å². The Morgan fingerprint density at radius 1 is 0.396 bits per heavy atom. The van der Waals surface area contributed by atoms with Crippen LogP contribution in [-0.4, -0.2) is 138 Å². The zero-order valence-electron chi connectivity index (χ0n) is 66.1. The number of aliphatic hydroxyl groups excluding tert-OH is 1. The van der Waals surface area contributed by atoms with E-state index in [1.807, 2.05) is 160 Å². The van der Waals surface area contributed by atoms with E-state index in [0.717, 1.165) is 43.7 Å². The molecule has 1 amide bonds. The zero-order chi connectivity index (χ0) is 78.2. The van der Waals surface area contributed by atoms with E-state index in [1.165, 1.54) is 91.9 Å². The van der Waals surface area contributed by atoms with E-state index < -0.39 is 0 Å². The van der Waals surface area contributed by atoms with E-state index in [9.17, 15) is 4.79 Å². The molecule has 22 N–H and O–H groups in total. The molecular weight excluding hydrogens is 1160 g/mol. The molecule has 1 fully saturated rings. The molecule has 0 bridgehead atoms. The maximum Gasteiger partial charge on any atom is 0.219 e. The van der Waals surface area contributed by atoms with Gasteiger partial charge < -0.3 is 106 Å². The first-order valence-electron chi connectivity index (χ1n) is 29.8. The lowest BCUT2D eigenvalue weighted by molar-refractivity contribution is -0.129. The summed E-state index contributed by atoms with van der Waals surface area (Å²) in [6.45, 7) is 75.3. The molecule has 1 aliphatic rings. The fraction of sp³-hybridized carbons (Fsp3) is 0.629. The summed E-state index contributed by atoms with van der Waals surface area (Å²) < 4.78 is 0. The van der Waals surface area contributed by atoms with Crippen LogP contribution in [0.1, 0.15) is 216 Å². The summed E-state index contributed by atoms with van der Waals surface area (Å²) in [6.07, 6.45) is 13.7. The Balaban J connectivity index is -0.0000000178. The summed E-state index contributed by atoms with van der Waals surface area (Å²) in [7, 11) is 9.00. The second-order valence-corrected chi connectivity index (χ2v) is 13.4. The molecule has 0 unspecified atom stereocenters. The molecular formula is C70H170N10O11. The number of hydrogen-bond acceptors (Lipinski definition) is 20. The molecule has 3 rings (SSSR count). The number of likely N-dealkylation sites (tertiary alicyclic amines) is 1. The summed E-state index contributed by atoms with van der Waals surface area (Å²) >= 11 is 0. The number of piperidine rings is 1. The molecule has 1 aliphatic heterocycles. The Bertz CT molecular complexity index is 980. The van der Waals surface area contributed by atoms with Crippen LogP contribution >= 0.6 is 0 Å². The minimum atomic E-state index is -0.167. The van der Waals surface area contributed by atoms with Crippen LogP contribution in [0.25, 0.3) is 0 Å². The van der Waals surface area contributed by atoms with Crippen molar-refractivity contribution in [1.82, 2.24) is 23.4 Å². The Labute approximate surface area is 569 Å². The van der Waals surface area contributed by atoms with E-state index in [1.54, 1.807) is 20.8 Å². The molecule has 0 aromatic heterocycles. The van der Waals surface area contributed by atoms with Crippen LogP contribution in [0.4, 0.5) is 0 Å². The van der Waals surface area contributed by atoms with E-state index in [0.29, 0.717) is 0 Å². The lowest BCUT2D eigenvalue weighted by atomic mass is 10.1. The van der Waals surface area contributed by atoms with Crippen LogP contribution in [0, 0.1) is 17.8 Å². The van der Waals surface area contributed by atoms with Gasteiger partial charge in [-0.2, -0.15) is 0 Å². The largest absolute Gasteiger partial charge is 0.394 e. The smallest absolute Gasteiger partial charge is 0.219 e. The van der Waals surface area contributed by atoms with Gasteiger partial charge in [0.05, 0.1) is 0 Å². The summed E-state index contributed by atoms with van der Waals surface area (Å²) in [6, 6.07) is 20.9. The number of nitrogens with two attached hydrogens (primary N) is 6. The van der Waals surface area contributed by atoms with Gasteiger partial charge in [-0.05, 0) is 131 Å². The Hall–Kier alpha value is -5.98. The maximum atomic E-state index is 10.7. The average molecular weight is 1330 g/mol. The molecule has 0 radical (unpaired) electrons. The normalized spacial score (nSPS) is 7.07. The molecule has 91 heavy (non-hydrogen) atoms. The van der Waals surface area contributed by atoms with Crippen molar-refractivity contribution in [1.29, 1.82) is 0 Å². The van der Waals surface area contributed by atoms with Gasteiger partial charge in [-0.3, -0.25) is 4.79 Å². The number of amides is 1. The number of benzene rings is 2. The lowest BCUT2D eigenvalue weighted by Crippen LogP contribution is -2.33. The highest BCUT2D eigenvalue weighted by atomic mass is 16.3. The first-order valence-corrected chi connectivity index (χ1v) is 29.8. The van der Waals surface area contributed by atoms with Crippen LogP contribution in [0.15, 0.2) is 86.0 Å². The molecule has 1 saturated heterocycles. The fourth-order valence-electron chi connectivity index (χ4n) is 2.64. The van der Waals surface area contributed by atoms with Gasteiger partial charge in [-0.1, -0.05) is 224 Å². The number of allylic oxidation sites excluding steroid dienone is 2. The lowest BCUT2D eigenvalue weighted by Gasteiger charge is -2.24. The van der Waals surface area contributed by atoms with Gasteiger partial charge in [-0.15, -0.1) is 13.2 Å². The third-order valence-corrected chi connectivity index (χ3v) is 7.09. The van der Waals surface area contributed by atoms with Crippen molar-refractivity contribution in [2.75, 3.05) is 55.4 Å². The Morgan fingerprint density at radius 3 is 0.593 bits per heavy atom. The van der Waals surface area contributed by atoms with Gasteiger partial charge in [0.1, 0.15) is 61.1 Å². The highest BCUT2D eigenvalue weighted by Gasteiger charge is 2.11. The molecule has 0 atom stereocenters. The minimum Gasteiger partial charge on any atom is -0.394 e. The van der Waals surface area contributed by atoms with Gasteiger partial charge in [0.15, 0.2) is 0 Å². The van der Waals surface area contributed by atoms with Gasteiger partial charge in [0, 0.05) is 26.1 Å². The maximum absolute atomic E-state index is 10.7. The summed E-state index contributed by atoms with van der Waals surface area (Å²) in [5, 5.41) is 8.06. The van der Waals surface area contributed by atoms with Crippen molar-refractivity contribution >= 4 is 67.0 Å². The molecule has 1 heterocycles. The van der Waals surface area contributed by atoms with Crippen LogP contribution in [0.2, 0.25) is 0 Å². The van der Waals surface area contributed by atoms with E-state index >= 15 is 0 Å². The number of nitrogens with zero attached hydrogens (tertiary/aromatic N) is 1. The van der Waals surface area contributed by atoms with Crippen molar-refractivity contribution in [3.63, 3.8) is 0 Å². The van der Waals surface area contributed by atoms with Crippen molar-refractivity contribution < 1.29 is 53.1 Å². The van der Waals surface area contributed by atoms with Gasteiger partial charge >= 0.3 is 0 Å². The van der Waals surface area contributed by atoms with E-state index in [2.05, 4.69) is 172 Å². The van der Waals surface area contributed by atoms with Crippen LogP contribution in [-0.2, 0) is 60.8 Å². The molecule has 0 spiro atoms. The van der Waals surface area contributed by atoms with Crippen LogP contribution in [0.5, 0.6) is 0 Å². The molecule has 21 nitrogen and oxygen atoms in total. The Morgan fingerprint density at radius 2 is 0.527 bits per heavy atom. The van der Waals surface area contributed by atoms with Crippen molar-refractivity contribution in [3.8, 4) is 0 Å². The van der Waals surface area contributed by atoms with E-state index in [-0.39, 0.29) is 30.5 Å². The monoisotopic (exact) mass is 1330 g/mol. The Kier molecular flexibility index (Phi) is 733. The topological polar surface area (TPSA) is 455 Å². The first-order chi connectivity index (χ1) is 42.6. The number of aryl methyl sites for hydroxylation is 2. The predicted molar refractivity (Wildman–Crippen MR) is 417 cm³/mol. The third kappa shape index (κ3) is 518.